The van der Waals surface area contributed by atoms with Crippen molar-refractivity contribution in [3.05, 3.63) is 63.6 Å². The molecule has 94 valence electrons. The Labute approximate surface area is 116 Å². The van der Waals surface area contributed by atoms with Gasteiger partial charge < -0.3 is 9.84 Å². The lowest BCUT2D eigenvalue weighted by Gasteiger charge is -2.14. The normalized spacial score (nSPS) is 12.2. The van der Waals surface area contributed by atoms with Gasteiger partial charge in [0.15, 0.2) is 0 Å². The van der Waals surface area contributed by atoms with Crippen molar-refractivity contribution in [3.8, 4) is 5.75 Å². The summed E-state index contributed by atoms with van der Waals surface area (Å²) in [6.07, 6.45) is -0.804. The van der Waals surface area contributed by atoms with Crippen LogP contribution in [-0.4, -0.2) is 12.2 Å². The Balaban J connectivity index is 2.37. The molecule has 4 heteroatoms. The first-order chi connectivity index (χ1) is 8.61. The van der Waals surface area contributed by atoms with Gasteiger partial charge >= 0.3 is 0 Å². The zero-order chi connectivity index (χ0) is 13.1. The molecular formula is C14H12Cl2O2. The van der Waals surface area contributed by atoms with E-state index in [1.165, 1.54) is 0 Å². The van der Waals surface area contributed by atoms with Crippen LogP contribution >= 0.6 is 23.2 Å². The highest BCUT2D eigenvalue weighted by atomic mass is 35.5. The van der Waals surface area contributed by atoms with Crippen LogP contribution in [0.1, 0.15) is 17.2 Å². The maximum absolute atomic E-state index is 10.3. The number of aliphatic hydroxyl groups is 1. The van der Waals surface area contributed by atoms with Crippen molar-refractivity contribution in [2.45, 2.75) is 6.10 Å². The molecule has 1 unspecified atom stereocenters. The standard InChI is InChI=1S/C14H12Cl2O2/c1-18-11-5-6-12(13(16)8-11)14(17)9-3-2-4-10(15)7-9/h2-8,14,17H,1H3. The van der Waals surface area contributed by atoms with Crippen LogP contribution in [0.15, 0.2) is 42.5 Å². The van der Waals surface area contributed by atoms with Crippen LogP contribution in [0.3, 0.4) is 0 Å². The summed E-state index contributed by atoms with van der Waals surface area (Å²) in [5, 5.41) is 11.3. The molecule has 2 nitrogen and oxygen atoms in total. The zero-order valence-electron chi connectivity index (χ0n) is 9.73. The Kier molecular flexibility index (Phi) is 4.12. The highest BCUT2D eigenvalue weighted by Gasteiger charge is 2.14. The van der Waals surface area contributed by atoms with E-state index in [9.17, 15) is 5.11 Å². The average Bonchev–Trinajstić information content (AvgIpc) is 2.37. The van der Waals surface area contributed by atoms with E-state index in [2.05, 4.69) is 0 Å². The van der Waals surface area contributed by atoms with Gasteiger partial charge in [0.1, 0.15) is 11.9 Å². The van der Waals surface area contributed by atoms with Crippen molar-refractivity contribution < 1.29 is 9.84 Å². The third-order valence-corrected chi connectivity index (χ3v) is 3.23. The molecule has 0 spiro atoms. The van der Waals surface area contributed by atoms with E-state index < -0.39 is 6.10 Å². The summed E-state index contributed by atoms with van der Waals surface area (Å²) in [5.74, 6) is 0.655. The van der Waals surface area contributed by atoms with Crippen LogP contribution in [-0.2, 0) is 0 Å². The first kappa shape index (κ1) is 13.2. The van der Waals surface area contributed by atoms with Gasteiger partial charge in [0.2, 0.25) is 0 Å². The number of hydrogen-bond acceptors (Lipinski definition) is 2. The summed E-state index contributed by atoms with van der Waals surface area (Å²) >= 11 is 12.0. The lowest BCUT2D eigenvalue weighted by atomic mass is 10.0. The zero-order valence-corrected chi connectivity index (χ0v) is 11.2. The van der Waals surface area contributed by atoms with Crippen molar-refractivity contribution in [2.75, 3.05) is 7.11 Å². The fourth-order valence-electron chi connectivity index (χ4n) is 1.71. The van der Waals surface area contributed by atoms with Crippen LogP contribution in [0.5, 0.6) is 5.75 Å². The molecule has 0 aliphatic carbocycles. The molecule has 0 saturated heterocycles. The van der Waals surface area contributed by atoms with E-state index in [1.54, 1.807) is 49.6 Å². The highest BCUT2D eigenvalue weighted by Crippen LogP contribution is 2.31. The molecule has 2 aromatic carbocycles. The van der Waals surface area contributed by atoms with Crippen molar-refractivity contribution in [3.63, 3.8) is 0 Å². The minimum absolute atomic E-state index is 0.460. The van der Waals surface area contributed by atoms with Gasteiger partial charge in [0, 0.05) is 10.6 Å². The maximum Gasteiger partial charge on any atom is 0.120 e. The smallest absolute Gasteiger partial charge is 0.120 e. The SMILES string of the molecule is COc1ccc(C(O)c2cccc(Cl)c2)c(Cl)c1. The van der Waals surface area contributed by atoms with Crippen molar-refractivity contribution in [1.82, 2.24) is 0 Å². The molecule has 0 amide bonds. The van der Waals surface area contributed by atoms with Gasteiger partial charge in [0.25, 0.3) is 0 Å². The second kappa shape index (κ2) is 5.61. The molecule has 0 heterocycles. The van der Waals surface area contributed by atoms with Crippen LogP contribution in [0, 0.1) is 0 Å². The second-order valence-electron chi connectivity index (χ2n) is 3.84. The van der Waals surface area contributed by atoms with E-state index in [0.717, 1.165) is 0 Å². The van der Waals surface area contributed by atoms with Crippen molar-refractivity contribution in [1.29, 1.82) is 0 Å². The Bertz CT molecular complexity index is 555. The minimum atomic E-state index is -0.804. The van der Waals surface area contributed by atoms with Gasteiger partial charge in [-0.3, -0.25) is 0 Å². The molecule has 0 fully saturated rings. The number of rotatable bonds is 3. The predicted molar refractivity (Wildman–Crippen MR) is 73.5 cm³/mol. The van der Waals surface area contributed by atoms with Crippen LogP contribution in [0.2, 0.25) is 10.0 Å². The molecular weight excluding hydrogens is 271 g/mol. The molecule has 1 atom stereocenters. The summed E-state index contributed by atoms with van der Waals surface area (Å²) in [6, 6.07) is 12.2. The maximum atomic E-state index is 10.3. The van der Waals surface area contributed by atoms with Gasteiger partial charge in [-0.05, 0) is 29.8 Å². The average molecular weight is 283 g/mol. The first-order valence-corrected chi connectivity index (χ1v) is 6.14. The second-order valence-corrected chi connectivity index (χ2v) is 4.69. The van der Waals surface area contributed by atoms with E-state index in [1.807, 2.05) is 0 Å². The van der Waals surface area contributed by atoms with E-state index in [0.29, 0.717) is 26.9 Å². The van der Waals surface area contributed by atoms with Gasteiger partial charge in [-0.1, -0.05) is 41.4 Å². The minimum Gasteiger partial charge on any atom is -0.497 e. The quantitative estimate of drug-likeness (QED) is 0.919. The molecule has 0 saturated carbocycles. The molecule has 0 aliphatic heterocycles. The molecule has 0 bridgehead atoms. The summed E-state index contributed by atoms with van der Waals surface area (Å²) in [6.45, 7) is 0. The molecule has 18 heavy (non-hydrogen) atoms. The fraction of sp³-hybridized carbons (Fsp3) is 0.143. The third kappa shape index (κ3) is 2.78. The Morgan fingerprint density at radius 3 is 2.50 bits per heavy atom. The molecule has 0 radical (unpaired) electrons. The number of benzene rings is 2. The first-order valence-electron chi connectivity index (χ1n) is 5.39. The largest absolute Gasteiger partial charge is 0.497 e. The van der Waals surface area contributed by atoms with Crippen molar-refractivity contribution >= 4 is 23.2 Å². The van der Waals surface area contributed by atoms with E-state index in [4.69, 9.17) is 27.9 Å². The van der Waals surface area contributed by atoms with Crippen LogP contribution in [0.4, 0.5) is 0 Å². The Morgan fingerprint density at radius 2 is 1.89 bits per heavy atom. The van der Waals surface area contributed by atoms with Gasteiger partial charge in [-0.15, -0.1) is 0 Å². The van der Waals surface area contributed by atoms with Gasteiger partial charge in [0.05, 0.1) is 12.1 Å². The topological polar surface area (TPSA) is 29.5 Å². The Hall–Kier alpha value is -1.22. The number of hydrogen-bond donors (Lipinski definition) is 1. The number of halogens is 2. The van der Waals surface area contributed by atoms with Crippen LogP contribution < -0.4 is 4.74 Å². The molecule has 2 rings (SSSR count). The van der Waals surface area contributed by atoms with Crippen molar-refractivity contribution in [2.24, 2.45) is 0 Å². The summed E-state index contributed by atoms with van der Waals surface area (Å²) in [5.41, 5.74) is 1.33. The lowest BCUT2D eigenvalue weighted by Crippen LogP contribution is -2.00. The van der Waals surface area contributed by atoms with E-state index in [-0.39, 0.29) is 0 Å². The monoisotopic (exact) mass is 282 g/mol. The number of ether oxygens (including phenoxy) is 1. The lowest BCUT2D eigenvalue weighted by molar-refractivity contribution is 0.220. The predicted octanol–water partition coefficient (Wildman–Crippen LogP) is 4.08. The summed E-state index contributed by atoms with van der Waals surface area (Å²) < 4.78 is 5.07. The third-order valence-electron chi connectivity index (χ3n) is 2.67. The number of aliphatic hydroxyl groups excluding tert-OH is 1. The Morgan fingerprint density at radius 1 is 1.11 bits per heavy atom. The highest BCUT2D eigenvalue weighted by molar-refractivity contribution is 6.31. The van der Waals surface area contributed by atoms with Gasteiger partial charge in [-0.25, -0.2) is 0 Å². The summed E-state index contributed by atoms with van der Waals surface area (Å²) in [4.78, 5) is 0. The van der Waals surface area contributed by atoms with E-state index >= 15 is 0 Å². The molecule has 1 N–H and O–H groups in total. The molecule has 0 aliphatic rings. The van der Waals surface area contributed by atoms with Crippen LogP contribution in [0.25, 0.3) is 0 Å². The molecule has 0 aromatic heterocycles. The van der Waals surface area contributed by atoms with Gasteiger partial charge in [-0.2, -0.15) is 0 Å². The molecule has 2 aromatic rings. The number of methoxy groups -OCH3 is 1. The fourth-order valence-corrected chi connectivity index (χ4v) is 2.19. The summed E-state index contributed by atoms with van der Waals surface area (Å²) in [7, 11) is 1.57.